The summed E-state index contributed by atoms with van der Waals surface area (Å²) in [6.07, 6.45) is 2.06. The zero-order chi connectivity index (χ0) is 12.3. The molecular weight excluding hydrogens is 222 g/mol. The standard InChI is InChI=1S/C11H15N3O3/c1-17-10(16)8-2-3-9(14-13-8)12-6-11(7-15)4-5-11/h2-3,15H,4-7H2,1H3,(H,12,14). The van der Waals surface area contributed by atoms with E-state index in [1.807, 2.05) is 0 Å². The van der Waals surface area contributed by atoms with Crippen LogP contribution >= 0.6 is 0 Å². The van der Waals surface area contributed by atoms with Crippen LogP contribution in [0.4, 0.5) is 5.82 Å². The first-order valence-corrected chi connectivity index (χ1v) is 5.46. The molecule has 1 saturated carbocycles. The number of esters is 1. The van der Waals surface area contributed by atoms with Crippen LogP contribution in [0.25, 0.3) is 0 Å². The highest BCUT2D eigenvalue weighted by Crippen LogP contribution is 2.44. The van der Waals surface area contributed by atoms with E-state index in [1.165, 1.54) is 7.11 Å². The van der Waals surface area contributed by atoms with Crippen molar-refractivity contribution in [2.75, 3.05) is 25.6 Å². The van der Waals surface area contributed by atoms with Crippen molar-refractivity contribution >= 4 is 11.8 Å². The fourth-order valence-electron chi connectivity index (χ4n) is 1.49. The first-order chi connectivity index (χ1) is 8.19. The molecule has 0 aromatic carbocycles. The summed E-state index contributed by atoms with van der Waals surface area (Å²) in [4.78, 5) is 11.1. The minimum Gasteiger partial charge on any atom is -0.464 e. The number of nitrogens with zero attached hydrogens (tertiary/aromatic N) is 2. The van der Waals surface area contributed by atoms with Gasteiger partial charge in [0.25, 0.3) is 0 Å². The third-order valence-electron chi connectivity index (χ3n) is 3.00. The van der Waals surface area contributed by atoms with Crippen LogP contribution in [0.15, 0.2) is 12.1 Å². The van der Waals surface area contributed by atoms with Gasteiger partial charge in [-0.2, -0.15) is 0 Å². The topological polar surface area (TPSA) is 84.3 Å². The number of hydrogen-bond acceptors (Lipinski definition) is 6. The molecule has 2 N–H and O–H groups in total. The lowest BCUT2D eigenvalue weighted by molar-refractivity contribution is 0.0593. The Balaban J connectivity index is 1.92. The summed E-state index contributed by atoms with van der Waals surface area (Å²) < 4.78 is 4.52. The van der Waals surface area contributed by atoms with Crippen molar-refractivity contribution in [1.29, 1.82) is 0 Å². The van der Waals surface area contributed by atoms with Gasteiger partial charge < -0.3 is 15.2 Å². The lowest BCUT2D eigenvalue weighted by Crippen LogP contribution is -2.20. The van der Waals surface area contributed by atoms with Crippen LogP contribution in [0.2, 0.25) is 0 Å². The molecule has 0 aliphatic heterocycles. The van der Waals surface area contributed by atoms with Gasteiger partial charge in [-0.3, -0.25) is 0 Å². The second kappa shape index (κ2) is 4.67. The predicted molar refractivity (Wildman–Crippen MR) is 60.6 cm³/mol. The highest BCUT2D eigenvalue weighted by molar-refractivity contribution is 5.86. The number of anilines is 1. The molecule has 0 saturated heterocycles. The van der Waals surface area contributed by atoms with Gasteiger partial charge in [0.2, 0.25) is 0 Å². The van der Waals surface area contributed by atoms with Crippen LogP contribution in [-0.2, 0) is 4.74 Å². The molecule has 17 heavy (non-hydrogen) atoms. The molecule has 6 nitrogen and oxygen atoms in total. The molecule has 0 atom stereocenters. The lowest BCUT2D eigenvalue weighted by Gasteiger charge is -2.12. The molecule has 92 valence electrons. The number of carbonyl (C=O) groups is 1. The number of aliphatic hydroxyl groups excluding tert-OH is 1. The van der Waals surface area contributed by atoms with Crippen molar-refractivity contribution in [3.05, 3.63) is 17.8 Å². The zero-order valence-corrected chi connectivity index (χ0v) is 9.64. The molecule has 0 radical (unpaired) electrons. The summed E-state index contributed by atoms with van der Waals surface area (Å²) >= 11 is 0. The Morgan fingerprint density at radius 1 is 1.53 bits per heavy atom. The lowest BCUT2D eigenvalue weighted by atomic mass is 10.1. The van der Waals surface area contributed by atoms with E-state index in [-0.39, 0.29) is 17.7 Å². The van der Waals surface area contributed by atoms with Crippen LogP contribution in [0, 0.1) is 5.41 Å². The van der Waals surface area contributed by atoms with Gasteiger partial charge in [-0.25, -0.2) is 4.79 Å². The highest BCUT2D eigenvalue weighted by Gasteiger charge is 2.41. The molecule has 0 spiro atoms. The molecule has 2 rings (SSSR count). The number of methoxy groups -OCH3 is 1. The second-order valence-electron chi connectivity index (χ2n) is 4.31. The van der Waals surface area contributed by atoms with Gasteiger partial charge in [-0.1, -0.05) is 0 Å². The van der Waals surface area contributed by atoms with Gasteiger partial charge in [-0.15, -0.1) is 10.2 Å². The van der Waals surface area contributed by atoms with Crippen molar-refractivity contribution in [3.63, 3.8) is 0 Å². The Morgan fingerprint density at radius 2 is 2.29 bits per heavy atom. The van der Waals surface area contributed by atoms with E-state index in [2.05, 4.69) is 20.3 Å². The first kappa shape index (κ1) is 11.8. The third kappa shape index (κ3) is 2.71. The van der Waals surface area contributed by atoms with Crippen molar-refractivity contribution in [2.45, 2.75) is 12.8 Å². The van der Waals surface area contributed by atoms with Gasteiger partial charge in [-0.05, 0) is 25.0 Å². The van der Waals surface area contributed by atoms with Gasteiger partial charge >= 0.3 is 5.97 Å². The number of ether oxygens (including phenoxy) is 1. The molecule has 1 aliphatic carbocycles. The zero-order valence-electron chi connectivity index (χ0n) is 9.64. The van der Waals surface area contributed by atoms with E-state index in [9.17, 15) is 4.79 Å². The van der Waals surface area contributed by atoms with Crippen LogP contribution < -0.4 is 5.32 Å². The van der Waals surface area contributed by atoms with Crippen LogP contribution in [0.3, 0.4) is 0 Å². The molecule has 6 heteroatoms. The largest absolute Gasteiger partial charge is 0.464 e. The highest BCUT2D eigenvalue weighted by atomic mass is 16.5. The fourth-order valence-corrected chi connectivity index (χ4v) is 1.49. The summed E-state index contributed by atoms with van der Waals surface area (Å²) in [5.74, 6) is 0.0930. The van der Waals surface area contributed by atoms with Crippen LogP contribution in [0.1, 0.15) is 23.3 Å². The van der Waals surface area contributed by atoms with Crippen LogP contribution in [0.5, 0.6) is 0 Å². The molecule has 1 aliphatic rings. The summed E-state index contributed by atoms with van der Waals surface area (Å²) in [5, 5.41) is 19.9. The Labute approximate surface area is 99.0 Å². The van der Waals surface area contributed by atoms with E-state index >= 15 is 0 Å². The smallest absolute Gasteiger partial charge is 0.358 e. The summed E-state index contributed by atoms with van der Waals surface area (Å²) in [5.41, 5.74) is 0.198. The number of carbonyl (C=O) groups excluding carboxylic acids is 1. The monoisotopic (exact) mass is 237 g/mol. The summed E-state index contributed by atoms with van der Waals surface area (Å²) in [6, 6.07) is 3.23. The fraction of sp³-hybridized carbons (Fsp3) is 0.545. The van der Waals surface area contributed by atoms with E-state index in [1.54, 1.807) is 12.1 Å². The Hall–Kier alpha value is -1.69. The quantitative estimate of drug-likeness (QED) is 0.723. The molecule has 1 fully saturated rings. The van der Waals surface area contributed by atoms with Crippen LogP contribution in [-0.4, -0.2) is 41.5 Å². The molecule has 0 bridgehead atoms. The minimum absolute atomic E-state index is 0.0166. The van der Waals surface area contributed by atoms with Crippen molar-refractivity contribution < 1.29 is 14.6 Å². The number of nitrogens with one attached hydrogen (secondary N) is 1. The van der Waals surface area contributed by atoms with Crippen molar-refractivity contribution in [2.24, 2.45) is 5.41 Å². The average molecular weight is 237 g/mol. The van der Waals surface area contributed by atoms with E-state index < -0.39 is 5.97 Å². The van der Waals surface area contributed by atoms with Gasteiger partial charge in [0.15, 0.2) is 5.69 Å². The Morgan fingerprint density at radius 3 is 2.76 bits per heavy atom. The number of rotatable bonds is 5. The van der Waals surface area contributed by atoms with E-state index in [4.69, 9.17) is 5.11 Å². The third-order valence-corrected chi connectivity index (χ3v) is 3.00. The number of hydrogen-bond donors (Lipinski definition) is 2. The van der Waals surface area contributed by atoms with Crippen molar-refractivity contribution in [3.8, 4) is 0 Å². The average Bonchev–Trinajstić information content (AvgIpc) is 3.17. The SMILES string of the molecule is COC(=O)c1ccc(NCC2(CO)CC2)nn1. The normalized spacial score (nSPS) is 16.4. The Bertz CT molecular complexity index is 401. The first-order valence-electron chi connectivity index (χ1n) is 5.46. The number of aromatic nitrogens is 2. The second-order valence-corrected chi connectivity index (χ2v) is 4.31. The Kier molecular flexibility index (Phi) is 3.23. The summed E-state index contributed by atoms with van der Waals surface area (Å²) in [6.45, 7) is 0.865. The van der Waals surface area contributed by atoms with E-state index in [0.717, 1.165) is 12.8 Å². The number of aliphatic hydroxyl groups is 1. The van der Waals surface area contributed by atoms with Gasteiger partial charge in [0.1, 0.15) is 5.82 Å². The molecule has 1 aromatic rings. The minimum atomic E-state index is -0.502. The molecule has 0 amide bonds. The van der Waals surface area contributed by atoms with Crippen molar-refractivity contribution in [1.82, 2.24) is 10.2 Å². The maximum Gasteiger partial charge on any atom is 0.358 e. The molecule has 0 unspecified atom stereocenters. The van der Waals surface area contributed by atoms with Gasteiger partial charge in [0, 0.05) is 12.0 Å². The molecule has 1 heterocycles. The summed E-state index contributed by atoms with van der Waals surface area (Å²) in [7, 11) is 1.30. The van der Waals surface area contributed by atoms with Gasteiger partial charge in [0.05, 0.1) is 13.7 Å². The van der Waals surface area contributed by atoms with E-state index in [0.29, 0.717) is 12.4 Å². The molecular formula is C11H15N3O3. The maximum absolute atomic E-state index is 11.1. The molecule has 1 aromatic heterocycles. The predicted octanol–water partition coefficient (Wildman–Crippen LogP) is 0.448. The maximum atomic E-state index is 11.1.